The third kappa shape index (κ3) is 2.70. The largest absolute Gasteiger partial charge is 0.381 e. The van der Waals surface area contributed by atoms with Crippen LogP contribution in [0.3, 0.4) is 0 Å². The Morgan fingerprint density at radius 1 is 1.36 bits per heavy atom. The zero-order valence-corrected chi connectivity index (χ0v) is 13.5. The number of pyridine rings is 1. The fourth-order valence-corrected chi connectivity index (χ4v) is 3.04. The molecule has 2 aromatic heterocycles. The van der Waals surface area contributed by atoms with Crippen LogP contribution in [-0.2, 0) is 6.54 Å². The van der Waals surface area contributed by atoms with Crippen molar-refractivity contribution < 1.29 is 4.79 Å². The normalized spacial score (nSPS) is 17.0. The summed E-state index contributed by atoms with van der Waals surface area (Å²) in [5.41, 5.74) is 2.39. The van der Waals surface area contributed by atoms with Crippen LogP contribution in [0, 0.1) is 0 Å². The van der Waals surface area contributed by atoms with Crippen LogP contribution in [0.15, 0.2) is 12.4 Å². The van der Waals surface area contributed by atoms with Gasteiger partial charge in [0, 0.05) is 18.8 Å². The van der Waals surface area contributed by atoms with Crippen molar-refractivity contribution in [1.82, 2.24) is 19.7 Å². The van der Waals surface area contributed by atoms with E-state index in [9.17, 15) is 4.79 Å². The summed E-state index contributed by atoms with van der Waals surface area (Å²) in [6.07, 6.45) is 5.66. The van der Waals surface area contributed by atoms with Crippen LogP contribution in [0.25, 0.3) is 11.0 Å². The second kappa shape index (κ2) is 6.04. The Labute approximate surface area is 130 Å². The Bertz CT molecular complexity index is 685. The van der Waals surface area contributed by atoms with Crippen molar-refractivity contribution in [1.29, 1.82) is 0 Å². The summed E-state index contributed by atoms with van der Waals surface area (Å²) in [4.78, 5) is 18.7. The van der Waals surface area contributed by atoms with Gasteiger partial charge in [-0.3, -0.25) is 4.79 Å². The van der Waals surface area contributed by atoms with E-state index in [1.165, 1.54) is 0 Å². The van der Waals surface area contributed by atoms with E-state index in [1.54, 1.807) is 13.1 Å². The number of piperidine rings is 1. The van der Waals surface area contributed by atoms with Crippen molar-refractivity contribution in [3.63, 3.8) is 0 Å². The van der Waals surface area contributed by atoms with E-state index in [1.807, 2.05) is 17.8 Å². The van der Waals surface area contributed by atoms with Gasteiger partial charge in [-0.25, -0.2) is 9.67 Å². The Hall–Kier alpha value is -1.95. The number of carbonyl (C=O) groups excluding carboxylic acids is 1. The highest BCUT2D eigenvalue weighted by Gasteiger charge is 2.21. The maximum atomic E-state index is 12.0. The number of ketones is 1. The summed E-state index contributed by atoms with van der Waals surface area (Å²) in [6.45, 7) is 6.55. The molecule has 3 rings (SSSR count). The Kier molecular flexibility index (Phi) is 4.11. The molecule has 0 spiro atoms. The number of carbonyl (C=O) groups is 1. The quantitative estimate of drug-likeness (QED) is 0.877. The van der Waals surface area contributed by atoms with Gasteiger partial charge < -0.3 is 10.2 Å². The summed E-state index contributed by atoms with van der Waals surface area (Å²) < 4.78 is 1.86. The predicted octanol–water partition coefficient (Wildman–Crippen LogP) is 2.16. The minimum absolute atomic E-state index is 0.0362. The lowest BCUT2D eigenvalue weighted by molar-refractivity contribution is 0.101. The molecule has 22 heavy (non-hydrogen) atoms. The first-order valence-corrected chi connectivity index (χ1v) is 7.90. The standard InChI is InChI=1S/C16H23N5O/c1-4-21-16-14(10-18-21)15(13(9-17-16)11(2)22)19-12-5-7-20(3)8-6-12/h9-10,12H,4-8H2,1-3H3,(H,17,19). The second-order valence-electron chi connectivity index (χ2n) is 6.02. The van der Waals surface area contributed by atoms with Crippen LogP contribution in [0.1, 0.15) is 37.0 Å². The zero-order valence-electron chi connectivity index (χ0n) is 13.5. The number of nitrogens with one attached hydrogen (secondary N) is 1. The molecule has 0 amide bonds. The fraction of sp³-hybridized carbons (Fsp3) is 0.562. The van der Waals surface area contributed by atoms with E-state index in [4.69, 9.17) is 0 Å². The highest BCUT2D eigenvalue weighted by atomic mass is 16.1. The molecule has 6 heteroatoms. The molecule has 0 aliphatic carbocycles. The maximum absolute atomic E-state index is 12.0. The first-order valence-electron chi connectivity index (χ1n) is 7.90. The van der Waals surface area contributed by atoms with Crippen LogP contribution >= 0.6 is 0 Å². The zero-order chi connectivity index (χ0) is 15.7. The lowest BCUT2D eigenvalue weighted by Crippen LogP contribution is -2.37. The topological polar surface area (TPSA) is 63.1 Å². The summed E-state index contributed by atoms with van der Waals surface area (Å²) in [5, 5.41) is 8.90. The lowest BCUT2D eigenvalue weighted by atomic mass is 10.0. The number of nitrogens with zero attached hydrogens (tertiary/aromatic N) is 4. The van der Waals surface area contributed by atoms with Gasteiger partial charge >= 0.3 is 0 Å². The molecule has 0 saturated carbocycles. The number of rotatable bonds is 4. The number of hydrogen-bond acceptors (Lipinski definition) is 5. The van der Waals surface area contributed by atoms with Crippen LogP contribution < -0.4 is 5.32 Å². The summed E-state index contributed by atoms with van der Waals surface area (Å²) in [7, 11) is 2.15. The molecule has 6 nitrogen and oxygen atoms in total. The van der Waals surface area contributed by atoms with Crippen molar-refractivity contribution in [2.45, 2.75) is 39.3 Å². The Morgan fingerprint density at radius 2 is 2.09 bits per heavy atom. The van der Waals surface area contributed by atoms with Crippen LogP contribution in [0.2, 0.25) is 0 Å². The highest BCUT2D eigenvalue weighted by Crippen LogP contribution is 2.28. The maximum Gasteiger partial charge on any atom is 0.163 e. The molecule has 1 fully saturated rings. The number of Topliss-reactive ketones (excluding diaryl/α,β-unsaturated/α-hetero) is 1. The number of hydrogen-bond donors (Lipinski definition) is 1. The molecule has 3 heterocycles. The van der Waals surface area contributed by atoms with E-state index in [-0.39, 0.29) is 5.78 Å². The molecule has 1 aliphatic heterocycles. The van der Waals surface area contributed by atoms with Crippen molar-refractivity contribution in [2.24, 2.45) is 0 Å². The molecule has 1 aliphatic rings. The fourth-order valence-electron chi connectivity index (χ4n) is 3.04. The molecule has 0 atom stereocenters. The van der Waals surface area contributed by atoms with Gasteiger partial charge in [0.25, 0.3) is 0 Å². The van der Waals surface area contributed by atoms with Gasteiger partial charge in [-0.1, -0.05) is 0 Å². The number of aromatic nitrogens is 3. The minimum Gasteiger partial charge on any atom is -0.381 e. The Balaban J connectivity index is 1.99. The highest BCUT2D eigenvalue weighted by molar-refractivity contribution is 6.06. The molecule has 0 unspecified atom stereocenters. The SMILES string of the molecule is CCn1ncc2c(NC3CCN(C)CC3)c(C(C)=O)cnc21. The molecular formula is C16H23N5O. The van der Waals surface area contributed by atoms with E-state index < -0.39 is 0 Å². The number of aryl methyl sites for hydroxylation is 1. The molecule has 118 valence electrons. The summed E-state index contributed by atoms with van der Waals surface area (Å²) in [6, 6.07) is 0.393. The smallest absolute Gasteiger partial charge is 0.163 e. The third-order valence-electron chi connectivity index (χ3n) is 4.41. The lowest BCUT2D eigenvalue weighted by Gasteiger charge is -2.30. The first-order chi connectivity index (χ1) is 10.6. The van der Waals surface area contributed by atoms with E-state index in [2.05, 4.69) is 27.3 Å². The van der Waals surface area contributed by atoms with Gasteiger partial charge in [-0.05, 0) is 46.8 Å². The molecular weight excluding hydrogens is 278 g/mol. The van der Waals surface area contributed by atoms with Gasteiger partial charge in [-0.15, -0.1) is 0 Å². The van der Waals surface area contributed by atoms with Crippen LogP contribution in [0.4, 0.5) is 5.69 Å². The first kappa shape index (κ1) is 15.0. The Morgan fingerprint density at radius 3 is 2.73 bits per heavy atom. The molecule has 0 radical (unpaired) electrons. The van der Waals surface area contributed by atoms with Crippen molar-refractivity contribution >= 4 is 22.5 Å². The van der Waals surface area contributed by atoms with E-state index in [0.29, 0.717) is 11.6 Å². The van der Waals surface area contributed by atoms with E-state index in [0.717, 1.165) is 49.2 Å². The number of anilines is 1. The predicted molar refractivity (Wildman–Crippen MR) is 87.3 cm³/mol. The summed E-state index contributed by atoms with van der Waals surface area (Å²) in [5.74, 6) is 0.0362. The second-order valence-corrected chi connectivity index (χ2v) is 6.02. The summed E-state index contributed by atoms with van der Waals surface area (Å²) >= 11 is 0. The average molecular weight is 301 g/mol. The minimum atomic E-state index is 0.0362. The third-order valence-corrected chi connectivity index (χ3v) is 4.41. The van der Waals surface area contributed by atoms with Crippen molar-refractivity contribution in [3.05, 3.63) is 18.0 Å². The monoisotopic (exact) mass is 301 g/mol. The molecule has 1 saturated heterocycles. The number of likely N-dealkylation sites (tertiary alicyclic amines) is 1. The van der Waals surface area contributed by atoms with Gasteiger partial charge in [-0.2, -0.15) is 5.10 Å². The van der Waals surface area contributed by atoms with Crippen LogP contribution in [0.5, 0.6) is 0 Å². The molecule has 2 aromatic rings. The molecule has 0 aromatic carbocycles. The van der Waals surface area contributed by atoms with Crippen LogP contribution in [-0.4, -0.2) is 51.6 Å². The van der Waals surface area contributed by atoms with Gasteiger partial charge in [0.1, 0.15) is 0 Å². The molecule has 1 N–H and O–H groups in total. The average Bonchev–Trinajstić information content (AvgIpc) is 2.93. The van der Waals surface area contributed by atoms with Gasteiger partial charge in [0.15, 0.2) is 11.4 Å². The van der Waals surface area contributed by atoms with E-state index >= 15 is 0 Å². The molecule has 0 bridgehead atoms. The van der Waals surface area contributed by atoms with Gasteiger partial charge in [0.05, 0.1) is 22.8 Å². The number of fused-ring (bicyclic) bond motifs is 1. The van der Waals surface area contributed by atoms with Crippen molar-refractivity contribution in [3.8, 4) is 0 Å². The van der Waals surface area contributed by atoms with Gasteiger partial charge in [0.2, 0.25) is 0 Å². The van der Waals surface area contributed by atoms with Crippen molar-refractivity contribution in [2.75, 3.05) is 25.5 Å².